The van der Waals surface area contributed by atoms with Gasteiger partial charge in [-0.15, -0.1) is 65.4 Å². The van der Waals surface area contributed by atoms with Crippen molar-refractivity contribution in [2.75, 3.05) is 0 Å². The molecule has 4 nitrogen and oxygen atoms in total. The van der Waals surface area contributed by atoms with Gasteiger partial charge in [-0.1, -0.05) is 35.2 Å². The summed E-state index contributed by atoms with van der Waals surface area (Å²) in [7, 11) is 0. The molecule has 199 valence electrons. The zero-order valence-corrected chi connectivity index (χ0v) is 24.6. The molecule has 5 heterocycles. The van der Waals surface area contributed by atoms with Gasteiger partial charge in [-0.2, -0.15) is 0 Å². The van der Waals surface area contributed by atoms with Crippen molar-refractivity contribution in [3.8, 4) is 22.5 Å². The van der Waals surface area contributed by atoms with Crippen LogP contribution in [-0.4, -0.2) is 15.0 Å². The minimum atomic E-state index is -2.27. The maximum Gasteiger partial charge on any atom is 0.216 e. The molecule has 1 aliphatic rings. The van der Waals surface area contributed by atoms with Crippen LogP contribution in [0.5, 0.6) is 0 Å². The number of benzene rings is 2. The molecular formula is C34H25IrN3OS-2. The van der Waals surface area contributed by atoms with E-state index in [1.807, 2.05) is 60.7 Å². The molecule has 0 saturated heterocycles. The number of thiophene rings is 1. The second-order valence-corrected chi connectivity index (χ2v) is 10.6. The molecule has 8 rings (SSSR count). The van der Waals surface area contributed by atoms with E-state index in [0.29, 0.717) is 11.3 Å². The summed E-state index contributed by atoms with van der Waals surface area (Å²) in [4.78, 5) is 15.9. The quantitative estimate of drug-likeness (QED) is 0.168. The zero-order chi connectivity index (χ0) is 28.7. The largest absolute Gasteiger partial charge is 0.486 e. The van der Waals surface area contributed by atoms with Gasteiger partial charge in [0.2, 0.25) is 5.71 Å². The van der Waals surface area contributed by atoms with Crippen molar-refractivity contribution >= 4 is 43.6 Å². The Labute approximate surface area is 254 Å². The van der Waals surface area contributed by atoms with E-state index >= 15 is 0 Å². The molecule has 0 bridgehead atoms. The van der Waals surface area contributed by atoms with E-state index in [-0.39, 0.29) is 25.8 Å². The van der Waals surface area contributed by atoms with Gasteiger partial charge >= 0.3 is 0 Å². The van der Waals surface area contributed by atoms with E-state index < -0.39 is 6.85 Å². The first-order chi connectivity index (χ1) is 20.5. The number of aryl methyl sites for hydroxylation is 3. The van der Waals surface area contributed by atoms with Gasteiger partial charge in [0.15, 0.2) is 0 Å². The summed E-state index contributed by atoms with van der Waals surface area (Å²) in [6, 6.07) is 31.4. The Morgan fingerprint density at radius 1 is 0.825 bits per heavy atom. The van der Waals surface area contributed by atoms with Gasteiger partial charge in [0, 0.05) is 51.8 Å². The third kappa shape index (κ3) is 4.99. The molecule has 40 heavy (non-hydrogen) atoms. The SMILES string of the molecule is [2H]C([2H])([2H])c1ccc2c(n1)oc1c(-c3ccc4c5c(sc4n3)CCCC5)[c-]ccc12.[Ir].[c-]1ccccc1-c1ccccn1. The Morgan fingerprint density at radius 3 is 2.58 bits per heavy atom. The second-order valence-electron chi connectivity index (χ2n) is 9.50. The van der Waals surface area contributed by atoms with Crippen molar-refractivity contribution in [1.29, 1.82) is 0 Å². The Balaban J connectivity index is 0.000000213. The minimum Gasteiger partial charge on any atom is -0.486 e. The smallest absolute Gasteiger partial charge is 0.216 e. The van der Waals surface area contributed by atoms with Crippen LogP contribution in [0.2, 0.25) is 0 Å². The van der Waals surface area contributed by atoms with Crippen LogP contribution in [-0.2, 0) is 32.9 Å². The minimum absolute atomic E-state index is 0. The monoisotopic (exact) mass is 719 g/mol. The molecule has 1 aliphatic carbocycles. The summed E-state index contributed by atoms with van der Waals surface area (Å²) in [6.07, 6.45) is 6.58. The summed E-state index contributed by atoms with van der Waals surface area (Å²) in [5.41, 5.74) is 6.05. The predicted molar refractivity (Wildman–Crippen MR) is 159 cm³/mol. The van der Waals surface area contributed by atoms with Crippen LogP contribution >= 0.6 is 11.3 Å². The van der Waals surface area contributed by atoms with Crippen molar-refractivity contribution in [1.82, 2.24) is 15.0 Å². The molecule has 7 aromatic rings. The van der Waals surface area contributed by atoms with Crippen molar-refractivity contribution in [3.63, 3.8) is 0 Å². The molecule has 5 aromatic heterocycles. The zero-order valence-electron chi connectivity index (χ0n) is 24.4. The van der Waals surface area contributed by atoms with Gasteiger partial charge in [0.05, 0.1) is 5.58 Å². The van der Waals surface area contributed by atoms with Crippen LogP contribution in [0.3, 0.4) is 0 Å². The molecule has 0 aliphatic heterocycles. The first-order valence-electron chi connectivity index (χ1n) is 14.5. The van der Waals surface area contributed by atoms with Gasteiger partial charge in [0.25, 0.3) is 0 Å². The first kappa shape index (κ1) is 23.0. The number of furan rings is 1. The molecule has 0 fully saturated rings. The summed E-state index contributed by atoms with van der Waals surface area (Å²) in [5, 5.41) is 2.94. The normalized spacial score (nSPS) is 13.9. The van der Waals surface area contributed by atoms with Crippen LogP contribution in [0.1, 0.15) is 33.1 Å². The number of fused-ring (bicyclic) bond motifs is 6. The van der Waals surface area contributed by atoms with E-state index in [0.717, 1.165) is 51.0 Å². The summed E-state index contributed by atoms with van der Waals surface area (Å²) in [5.74, 6) is 0. The van der Waals surface area contributed by atoms with Crippen LogP contribution in [0.15, 0.2) is 89.5 Å². The van der Waals surface area contributed by atoms with Crippen molar-refractivity contribution in [3.05, 3.63) is 113 Å². The second kappa shape index (κ2) is 11.4. The maximum absolute atomic E-state index is 7.61. The fraction of sp³-hybridized carbons (Fsp3) is 0.147. The van der Waals surface area contributed by atoms with Crippen molar-refractivity contribution in [2.45, 2.75) is 32.5 Å². The van der Waals surface area contributed by atoms with E-state index in [4.69, 9.17) is 13.5 Å². The molecule has 0 unspecified atom stereocenters. The molecule has 2 aromatic carbocycles. The van der Waals surface area contributed by atoms with Gasteiger partial charge in [-0.05, 0) is 67.7 Å². The average Bonchev–Trinajstić information content (AvgIpc) is 3.59. The number of pyridine rings is 3. The number of hydrogen-bond donors (Lipinski definition) is 0. The average molecular weight is 719 g/mol. The topological polar surface area (TPSA) is 51.8 Å². The third-order valence-corrected chi connectivity index (χ3v) is 8.23. The van der Waals surface area contributed by atoms with Gasteiger partial charge in [0.1, 0.15) is 4.83 Å². The Bertz CT molecular complexity index is 2000. The molecule has 6 heteroatoms. The molecular weight excluding hydrogens is 691 g/mol. The summed E-state index contributed by atoms with van der Waals surface area (Å²) >= 11 is 1.79. The van der Waals surface area contributed by atoms with E-state index in [1.54, 1.807) is 29.7 Å². The van der Waals surface area contributed by atoms with Gasteiger partial charge < -0.3 is 9.40 Å². The standard InChI is InChI=1S/C23H17N2OS.C11H8N.Ir/c1-13-9-10-16-15-6-4-7-18(21(15)26-22(16)24-13)19-12-11-17-14-5-2-3-8-20(14)27-23(17)25-19;1-2-6-10(7-3-1)11-8-4-5-9-12-11;/h4,6,9-12H,2-3,5,8H2,1H3;1-6,8-9H;/q2*-1;/i1D3;;. The Hall–Kier alpha value is -3.70. The van der Waals surface area contributed by atoms with Crippen LogP contribution in [0.4, 0.5) is 0 Å². The Kier molecular flexibility index (Phi) is 6.58. The summed E-state index contributed by atoms with van der Waals surface area (Å²) < 4.78 is 28.9. The molecule has 0 saturated carbocycles. The van der Waals surface area contributed by atoms with Crippen molar-refractivity contribution < 1.29 is 28.6 Å². The molecule has 0 atom stereocenters. The van der Waals surface area contributed by atoms with E-state index in [9.17, 15) is 0 Å². The molecule has 0 amide bonds. The third-order valence-electron chi connectivity index (χ3n) is 7.03. The van der Waals surface area contributed by atoms with E-state index in [2.05, 4.69) is 28.2 Å². The van der Waals surface area contributed by atoms with Crippen LogP contribution < -0.4 is 0 Å². The number of nitrogens with zero attached hydrogens (tertiary/aromatic N) is 3. The van der Waals surface area contributed by atoms with E-state index in [1.165, 1.54) is 28.7 Å². The van der Waals surface area contributed by atoms with Crippen molar-refractivity contribution in [2.24, 2.45) is 0 Å². The Morgan fingerprint density at radius 2 is 1.73 bits per heavy atom. The van der Waals surface area contributed by atoms with Crippen LogP contribution in [0.25, 0.3) is 54.8 Å². The van der Waals surface area contributed by atoms with Gasteiger partial charge in [-0.3, -0.25) is 4.98 Å². The number of hydrogen-bond acceptors (Lipinski definition) is 5. The van der Waals surface area contributed by atoms with Crippen LogP contribution in [0, 0.1) is 19.0 Å². The molecule has 1 radical (unpaired) electrons. The maximum atomic E-state index is 7.61. The fourth-order valence-corrected chi connectivity index (χ4v) is 6.43. The first-order valence-corrected chi connectivity index (χ1v) is 13.8. The fourth-order valence-electron chi connectivity index (χ4n) is 5.17. The predicted octanol–water partition coefficient (Wildman–Crippen LogP) is 8.79. The molecule has 0 spiro atoms. The number of aromatic nitrogens is 3. The summed E-state index contributed by atoms with van der Waals surface area (Å²) in [6.45, 7) is -2.27. The molecule has 0 N–H and O–H groups in total. The van der Waals surface area contributed by atoms with Gasteiger partial charge in [-0.25, -0.2) is 4.98 Å². The number of rotatable bonds is 2.